The molecule has 0 aliphatic carbocycles. The van der Waals surface area contributed by atoms with E-state index in [2.05, 4.69) is 10.7 Å². The van der Waals surface area contributed by atoms with Crippen molar-refractivity contribution >= 4 is 17.7 Å². The van der Waals surface area contributed by atoms with Gasteiger partial charge in [0.1, 0.15) is 11.8 Å². The minimum absolute atomic E-state index is 0.179. The van der Waals surface area contributed by atoms with Crippen molar-refractivity contribution in [2.75, 3.05) is 0 Å². The Hall–Kier alpha value is -3.35. The Morgan fingerprint density at radius 2 is 1.68 bits per heavy atom. The van der Waals surface area contributed by atoms with E-state index >= 15 is 0 Å². The lowest BCUT2D eigenvalue weighted by Gasteiger charge is -2.41. The number of hydrazine groups is 1. The summed E-state index contributed by atoms with van der Waals surface area (Å²) in [4.78, 5) is 37.6. The number of benzene rings is 2. The number of nitrogens with one attached hydrogen (secondary N) is 2. The molecule has 0 aromatic heterocycles. The van der Waals surface area contributed by atoms with E-state index in [1.165, 1.54) is 5.01 Å². The predicted molar refractivity (Wildman–Crippen MR) is 117 cm³/mol. The van der Waals surface area contributed by atoms with E-state index < -0.39 is 23.6 Å². The highest BCUT2D eigenvalue weighted by Gasteiger charge is 2.42. The fraction of sp³-hybridized carbons (Fsp3) is 0.375. The first kappa shape index (κ1) is 22.3. The monoisotopic (exact) mass is 423 g/mol. The third kappa shape index (κ3) is 6.07. The number of nitrogens with zero attached hydrogens (tertiary/aromatic N) is 1. The molecule has 1 saturated heterocycles. The van der Waals surface area contributed by atoms with Crippen LogP contribution in [0.2, 0.25) is 0 Å². The van der Waals surface area contributed by atoms with Gasteiger partial charge < -0.3 is 10.1 Å². The highest BCUT2D eigenvalue weighted by atomic mass is 16.5. The Morgan fingerprint density at radius 3 is 2.26 bits per heavy atom. The molecule has 1 aliphatic heterocycles. The van der Waals surface area contributed by atoms with Crippen molar-refractivity contribution in [3.8, 4) is 5.75 Å². The zero-order valence-corrected chi connectivity index (χ0v) is 18.1. The number of hydrogen-bond acceptors (Lipinski definition) is 4. The number of hydrogen-bond donors (Lipinski definition) is 2. The normalized spacial score (nSPS) is 16.8. The Balaban J connectivity index is 1.59. The molecule has 31 heavy (non-hydrogen) atoms. The molecule has 1 unspecified atom stereocenters. The van der Waals surface area contributed by atoms with Crippen LogP contribution in [0.25, 0.3) is 0 Å². The van der Waals surface area contributed by atoms with Crippen LogP contribution in [0.5, 0.6) is 5.75 Å². The van der Waals surface area contributed by atoms with Crippen LogP contribution < -0.4 is 15.5 Å². The number of amides is 3. The summed E-state index contributed by atoms with van der Waals surface area (Å²) in [6.45, 7) is 5.60. The van der Waals surface area contributed by atoms with Crippen LogP contribution in [0, 0.1) is 5.41 Å². The third-order valence-electron chi connectivity index (χ3n) is 5.07. The molecule has 1 aliphatic rings. The number of carbonyl (C=O) groups is 3. The molecule has 3 rings (SSSR count). The molecule has 2 N–H and O–H groups in total. The van der Waals surface area contributed by atoms with Crippen molar-refractivity contribution < 1.29 is 19.1 Å². The van der Waals surface area contributed by atoms with Crippen LogP contribution in [0.4, 0.5) is 0 Å². The Bertz CT molecular complexity index is 909. The Morgan fingerprint density at radius 1 is 1.06 bits per heavy atom. The smallest absolute Gasteiger partial charge is 0.261 e. The highest BCUT2D eigenvalue weighted by molar-refractivity contribution is 5.91. The molecular weight excluding hydrogens is 394 g/mol. The quantitative estimate of drug-likeness (QED) is 0.639. The lowest BCUT2D eigenvalue weighted by atomic mass is 9.86. The molecule has 3 amide bonds. The summed E-state index contributed by atoms with van der Waals surface area (Å²) in [7, 11) is 0. The molecule has 1 heterocycles. The second-order valence-electron chi connectivity index (χ2n) is 8.68. The fourth-order valence-electron chi connectivity index (χ4n) is 3.27. The average molecular weight is 424 g/mol. The van der Waals surface area contributed by atoms with Gasteiger partial charge in [-0.2, -0.15) is 0 Å². The number of ether oxygens (including phenoxy) is 1. The van der Waals surface area contributed by atoms with Gasteiger partial charge in [0.25, 0.3) is 5.91 Å². The number of aryl methyl sites for hydroxylation is 1. The summed E-state index contributed by atoms with van der Waals surface area (Å²) in [5.74, 6) is -0.292. The summed E-state index contributed by atoms with van der Waals surface area (Å²) < 4.78 is 5.77. The zero-order chi connectivity index (χ0) is 22.4. The van der Waals surface area contributed by atoms with Gasteiger partial charge >= 0.3 is 0 Å². The maximum absolute atomic E-state index is 13.0. The average Bonchev–Trinajstić information content (AvgIpc) is 2.74. The Kier molecular flexibility index (Phi) is 6.95. The van der Waals surface area contributed by atoms with E-state index in [1.54, 1.807) is 12.1 Å². The van der Waals surface area contributed by atoms with Crippen molar-refractivity contribution in [2.24, 2.45) is 5.41 Å². The lowest BCUT2D eigenvalue weighted by molar-refractivity contribution is -0.174. The first-order chi connectivity index (χ1) is 14.7. The maximum atomic E-state index is 13.0. The van der Waals surface area contributed by atoms with Crippen LogP contribution in [0.15, 0.2) is 60.7 Å². The SMILES string of the molecule is CC(C)(C)[C@H](NC(=O)CCc1ccccc1)C(=O)NN1C(=O)CC1Oc1ccccc1. The largest absolute Gasteiger partial charge is 0.468 e. The topological polar surface area (TPSA) is 87.7 Å². The first-order valence-electron chi connectivity index (χ1n) is 10.4. The van der Waals surface area contributed by atoms with Gasteiger partial charge in [-0.25, -0.2) is 5.01 Å². The molecule has 164 valence electrons. The lowest BCUT2D eigenvalue weighted by Crippen LogP contribution is -2.66. The predicted octanol–water partition coefficient (Wildman–Crippen LogP) is 2.82. The van der Waals surface area contributed by atoms with Crippen molar-refractivity contribution in [3.63, 3.8) is 0 Å². The third-order valence-corrected chi connectivity index (χ3v) is 5.07. The van der Waals surface area contributed by atoms with Gasteiger partial charge in [0.15, 0.2) is 0 Å². The first-order valence-corrected chi connectivity index (χ1v) is 10.4. The van der Waals surface area contributed by atoms with Gasteiger partial charge in [0, 0.05) is 6.42 Å². The van der Waals surface area contributed by atoms with E-state index in [-0.39, 0.29) is 24.7 Å². The van der Waals surface area contributed by atoms with Crippen LogP contribution in [-0.2, 0) is 20.8 Å². The van der Waals surface area contributed by atoms with E-state index in [0.29, 0.717) is 12.2 Å². The van der Waals surface area contributed by atoms with Gasteiger partial charge in [-0.3, -0.25) is 19.8 Å². The van der Waals surface area contributed by atoms with Crippen molar-refractivity contribution in [2.45, 2.75) is 52.3 Å². The van der Waals surface area contributed by atoms with Gasteiger partial charge in [-0.15, -0.1) is 0 Å². The molecule has 2 atom stereocenters. The van der Waals surface area contributed by atoms with Crippen molar-refractivity contribution in [1.82, 2.24) is 15.8 Å². The van der Waals surface area contributed by atoms with Crippen LogP contribution in [0.1, 0.15) is 39.2 Å². The molecule has 2 aromatic rings. The molecule has 2 aromatic carbocycles. The Labute approximate surface area is 182 Å². The second kappa shape index (κ2) is 9.64. The summed E-state index contributed by atoms with van der Waals surface area (Å²) in [6, 6.07) is 18.0. The summed E-state index contributed by atoms with van der Waals surface area (Å²) >= 11 is 0. The molecule has 0 saturated carbocycles. The summed E-state index contributed by atoms with van der Waals surface area (Å²) in [5.41, 5.74) is 3.14. The zero-order valence-electron chi connectivity index (χ0n) is 18.1. The van der Waals surface area contributed by atoms with Crippen LogP contribution in [0.3, 0.4) is 0 Å². The van der Waals surface area contributed by atoms with Crippen molar-refractivity contribution in [3.05, 3.63) is 66.2 Å². The highest BCUT2D eigenvalue weighted by Crippen LogP contribution is 2.24. The number of rotatable bonds is 8. The molecule has 0 radical (unpaired) electrons. The standard InChI is InChI=1S/C24H29N3O4/c1-24(2,3)22(25-19(28)15-14-17-10-6-4-7-11-17)23(30)26-27-20(29)16-21(27)31-18-12-8-5-9-13-18/h4-13,21-22H,14-16H2,1-3H3,(H,25,28)(H,26,30)/t21?,22-/m1/s1. The van der Waals surface area contributed by atoms with Gasteiger partial charge in [-0.05, 0) is 29.5 Å². The molecular formula is C24H29N3O4. The minimum Gasteiger partial charge on any atom is -0.468 e. The van der Waals surface area contributed by atoms with E-state index in [4.69, 9.17) is 4.74 Å². The second-order valence-corrected chi connectivity index (χ2v) is 8.68. The number of para-hydroxylation sites is 1. The van der Waals surface area contributed by atoms with E-state index in [1.807, 2.05) is 69.3 Å². The van der Waals surface area contributed by atoms with Crippen LogP contribution >= 0.6 is 0 Å². The fourth-order valence-corrected chi connectivity index (χ4v) is 3.27. The summed E-state index contributed by atoms with van der Waals surface area (Å²) in [6.07, 6.45) is 0.460. The van der Waals surface area contributed by atoms with E-state index in [9.17, 15) is 14.4 Å². The minimum atomic E-state index is -0.804. The molecule has 7 nitrogen and oxygen atoms in total. The molecule has 7 heteroatoms. The molecule has 1 fully saturated rings. The van der Waals surface area contributed by atoms with Gasteiger partial charge in [0.05, 0.1) is 6.42 Å². The number of β-lactam (4-membered cyclic amide) rings is 1. The van der Waals surface area contributed by atoms with Gasteiger partial charge in [0.2, 0.25) is 18.0 Å². The molecule has 0 spiro atoms. The summed E-state index contributed by atoms with van der Waals surface area (Å²) in [5, 5.41) is 4.01. The maximum Gasteiger partial charge on any atom is 0.261 e. The van der Waals surface area contributed by atoms with Gasteiger partial charge in [-0.1, -0.05) is 69.3 Å². The number of carbonyl (C=O) groups excluding carboxylic acids is 3. The molecule has 0 bridgehead atoms. The van der Waals surface area contributed by atoms with Crippen LogP contribution in [-0.4, -0.2) is 35.0 Å². The van der Waals surface area contributed by atoms with E-state index in [0.717, 1.165) is 5.56 Å². The van der Waals surface area contributed by atoms with Crippen molar-refractivity contribution in [1.29, 1.82) is 0 Å².